The van der Waals surface area contributed by atoms with Gasteiger partial charge >= 0.3 is 0 Å². The molecule has 9 heteroatoms. The Hall–Kier alpha value is -1.80. The maximum atomic E-state index is 14.1. The van der Waals surface area contributed by atoms with Crippen molar-refractivity contribution in [2.24, 2.45) is 5.73 Å². The van der Waals surface area contributed by atoms with Crippen LogP contribution in [0.25, 0.3) is 0 Å². The number of furan rings is 1. The van der Waals surface area contributed by atoms with E-state index in [1.165, 1.54) is 12.3 Å². The van der Waals surface area contributed by atoms with Crippen molar-refractivity contribution in [2.45, 2.75) is 25.5 Å². The molecule has 4 N–H and O–H groups in total. The van der Waals surface area contributed by atoms with E-state index in [0.29, 0.717) is 29.2 Å². The van der Waals surface area contributed by atoms with Crippen LogP contribution in [0.1, 0.15) is 29.0 Å². The molecule has 1 aromatic carbocycles. The quantitative estimate of drug-likeness (QED) is 0.683. The van der Waals surface area contributed by atoms with E-state index in [0.717, 1.165) is 19.4 Å². The molecule has 0 aliphatic carbocycles. The maximum Gasteiger partial charge on any atom is 0.258 e. The fraction of sp³-hybridized carbons (Fsp3) is 0.353. The molecule has 1 aliphatic rings. The van der Waals surface area contributed by atoms with Crippen LogP contribution in [0.15, 0.2) is 34.9 Å². The van der Waals surface area contributed by atoms with E-state index < -0.39 is 5.82 Å². The zero-order valence-corrected chi connectivity index (χ0v) is 15.6. The lowest BCUT2D eigenvalue weighted by Gasteiger charge is -2.13. The molecule has 0 radical (unpaired) electrons. The Morgan fingerprint density at radius 3 is 2.73 bits per heavy atom. The molecule has 1 aromatic heterocycles. The van der Waals surface area contributed by atoms with Crippen LogP contribution in [-0.4, -0.2) is 25.2 Å². The predicted molar refractivity (Wildman–Crippen MR) is 103 cm³/mol. The van der Waals surface area contributed by atoms with Crippen molar-refractivity contribution in [3.8, 4) is 0 Å². The molecule has 0 bridgehead atoms. The normalized spacial score (nSPS) is 15.7. The van der Waals surface area contributed by atoms with E-state index in [4.69, 9.17) is 14.9 Å². The summed E-state index contributed by atoms with van der Waals surface area (Å²) in [6.07, 6.45) is 3.48. The second-order valence-electron chi connectivity index (χ2n) is 5.67. The van der Waals surface area contributed by atoms with Crippen molar-refractivity contribution in [1.29, 1.82) is 0 Å². The second kappa shape index (κ2) is 10.4. The molecule has 2 aromatic rings. The Kier molecular flexibility index (Phi) is 8.87. The first-order valence-corrected chi connectivity index (χ1v) is 7.89. The summed E-state index contributed by atoms with van der Waals surface area (Å²) in [5.74, 6) is -0.293. The summed E-state index contributed by atoms with van der Waals surface area (Å²) in [5.41, 5.74) is 6.54. The molecule has 1 fully saturated rings. The summed E-state index contributed by atoms with van der Waals surface area (Å²) >= 11 is 0. The van der Waals surface area contributed by atoms with Crippen LogP contribution in [0.3, 0.4) is 0 Å². The van der Waals surface area contributed by atoms with Crippen molar-refractivity contribution in [1.82, 2.24) is 0 Å². The SMILES string of the molecule is Cl.Cl.NCc1cc(C(=O)Nc2ccc(NCC3CCCO3)c(F)c2)co1. The minimum atomic E-state index is -0.430. The number of carbonyl (C=O) groups excluding carboxylic acids is 1. The third-order valence-corrected chi connectivity index (χ3v) is 3.89. The highest BCUT2D eigenvalue weighted by Crippen LogP contribution is 2.21. The predicted octanol–water partition coefficient (Wildman–Crippen LogP) is 3.56. The zero-order valence-electron chi connectivity index (χ0n) is 14.0. The van der Waals surface area contributed by atoms with Gasteiger partial charge in [-0.25, -0.2) is 4.39 Å². The third kappa shape index (κ3) is 5.60. The van der Waals surface area contributed by atoms with Gasteiger partial charge in [0.1, 0.15) is 17.8 Å². The highest BCUT2D eigenvalue weighted by Gasteiger charge is 2.16. The summed E-state index contributed by atoms with van der Waals surface area (Å²) in [5, 5.41) is 5.67. The number of nitrogens with one attached hydrogen (secondary N) is 2. The van der Waals surface area contributed by atoms with E-state index >= 15 is 0 Å². The lowest BCUT2D eigenvalue weighted by Crippen LogP contribution is -2.19. The van der Waals surface area contributed by atoms with E-state index in [2.05, 4.69) is 10.6 Å². The number of benzene rings is 1. The molecule has 1 unspecified atom stereocenters. The van der Waals surface area contributed by atoms with Crippen LogP contribution >= 0.6 is 24.8 Å². The molecule has 1 atom stereocenters. The lowest BCUT2D eigenvalue weighted by atomic mass is 10.2. The molecule has 26 heavy (non-hydrogen) atoms. The summed E-state index contributed by atoms with van der Waals surface area (Å²) < 4.78 is 24.8. The van der Waals surface area contributed by atoms with Gasteiger partial charge in [-0.2, -0.15) is 0 Å². The Morgan fingerprint density at radius 1 is 1.31 bits per heavy atom. The number of halogens is 3. The Morgan fingerprint density at radius 2 is 2.12 bits per heavy atom. The van der Waals surface area contributed by atoms with Gasteiger partial charge in [-0.05, 0) is 37.1 Å². The van der Waals surface area contributed by atoms with Crippen molar-refractivity contribution >= 4 is 42.1 Å². The van der Waals surface area contributed by atoms with Gasteiger partial charge in [-0.1, -0.05) is 0 Å². The number of nitrogens with two attached hydrogens (primary N) is 1. The summed E-state index contributed by atoms with van der Waals surface area (Å²) in [7, 11) is 0. The average molecular weight is 406 g/mol. The van der Waals surface area contributed by atoms with Gasteiger partial charge in [-0.3, -0.25) is 4.79 Å². The Bertz CT molecular complexity index is 721. The topological polar surface area (TPSA) is 89.5 Å². The van der Waals surface area contributed by atoms with Crippen LogP contribution in [0.5, 0.6) is 0 Å². The van der Waals surface area contributed by atoms with Crippen molar-refractivity contribution in [3.05, 3.63) is 47.7 Å². The first-order valence-electron chi connectivity index (χ1n) is 7.89. The number of hydrogen-bond acceptors (Lipinski definition) is 5. The molecule has 3 rings (SSSR count). The number of ether oxygens (including phenoxy) is 1. The highest BCUT2D eigenvalue weighted by atomic mass is 35.5. The van der Waals surface area contributed by atoms with E-state index in [9.17, 15) is 9.18 Å². The zero-order chi connectivity index (χ0) is 16.9. The number of carbonyl (C=O) groups is 1. The third-order valence-electron chi connectivity index (χ3n) is 3.89. The van der Waals surface area contributed by atoms with Crippen molar-refractivity contribution in [3.63, 3.8) is 0 Å². The largest absolute Gasteiger partial charge is 0.467 e. The number of anilines is 2. The van der Waals surface area contributed by atoms with Gasteiger partial charge in [0.2, 0.25) is 0 Å². The summed E-state index contributed by atoms with van der Waals surface area (Å²) in [6.45, 7) is 1.55. The second-order valence-corrected chi connectivity index (χ2v) is 5.67. The summed E-state index contributed by atoms with van der Waals surface area (Å²) in [6, 6.07) is 6.08. The smallest absolute Gasteiger partial charge is 0.258 e. The number of hydrogen-bond donors (Lipinski definition) is 3. The molecular formula is C17H22Cl2FN3O3. The van der Waals surface area contributed by atoms with Gasteiger partial charge in [-0.15, -0.1) is 24.8 Å². The minimum Gasteiger partial charge on any atom is -0.467 e. The first kappa shape index (κ1) is 22.2. The van der Waals surface area contributed by atoms with Gasteiger partial charge < -0.3 is 25.5 Å². The van der Waals surface area contributed by atoms with Gasteiger partial charge in [0.15, 0.2) is 0 Å². The van der Waals surface area contributed by atoms with Crippen molar-refractivity contribution < 1.29 is 18.3 Å². The fourth-order valence-electron chi connectivity index (χ4n) is 2.58. The maximum absolute atomic E-state index is 14.1. The molecule has 1 amide bonds. The molecule has 144 valence electrons. The van der Waals surface area contributed by atoms with Crippen LogP contribution in [-0.2, 0) is 11.3 Å². The van der Waals surface area contributed by atoms with Gasteiger partial charge in [0.05, 0.1) is 23.9 Å². The highest BCUT2D eigenvalue weighted by molar-refractivity contribution is 6.04. The van der Waals surface area contributed by atoms with Crippen molar-refractivity contribution in [2.75, 3.05) is 23.8 Å². The molecule has 2 heterocycles. The Balaban J connectivity index is 0.00000169. The molecule has 1 aliphatic heterocycles. The molecule has 0 saturated carbocycles. The Labute approximate surface area is 163 Å². The number of amides is 1. The van der Waals surface area contributed by atoms with Gasteiger partial charge in [0.25, 0.3) is 5.91 Å². The molecule has 0 spiro atoms. The lowest BCUT2D eigenvalue weighted by molar-refractivity contribution is 0.102. The molecular weight excluding hydrogens is 384 g/mol. The van der Waals surface area contributed by atoms with Crippen LogP contribution in [0, 0.1) is 5.82 Å². The fourth-order valence-corrected chi connectivity index (χ4v) is 2.58. The standard InChI is InChI=1S/C17H20FN3O3.2ClH/c18-15-7-12(21-17(22)11-6-14(8-19)24-10-11)3-4-16(15)20-9-13-2-1-5-23-13;;/h3-4,6-7,10,13,20H,1-2,5,8-9,19H2,(H,21,22);2*1H. The molecule has 6 nitrogen and oxygen atoms in total. The number of rotatable bonds is 6. The minimum absolute atomic E-state index is 0. The van der Waals surface area contributed by atoms with Gasteiger partial charge in [0, 0.05) is 18.8 Å². The van der Waals surface area contributed by atoms with E-state index in [-0.39, 0.29) is 43.4 Å². The van der Waals surface area contributed by atoms with Crippen LogP contribution in [0.4, 0.5) is 15.8 Å². The van der Waals surface area contributed by atoms with Crippen LogP contribution < -0.4 is 16.4 Å². The van der Waals surface area contributed by atoms with Crippen LogP contribution in [0.2, 0.25) is 0 Å². The average Bonchev–Trinajstić information content (AvgIpc) is 3.25. The van der Waals surface area contributed by atoms with E-state index in [1.807, 2.05) is 0 Å². The first-order chi connectivity index (χ1) is 11.7. The summed E-state index contributed by atoms with van der Waals surface area (Å²) in [4.78, 5) is 12.1. The van der Waals surface area contributed by atoms with E-state index in [1.54, 1.807) is 18.2 Å². The monoisotopic (exact) mass is 405 g/mol. The molecule has 1 saturated heterocycles.